The normalized spacial score (nSPS) is 10.8. The van der Waals surface area contributed by atoms with Gasteiger partial charge in [-0.1, -0.05) is 100 Å². The Kier molecular flexibility index (Phi) is 15.6. The molecule has 0 aromatic heterocycles. The fourth-order valence-electron chi connectivity index (χ4n) is 3.14. The Morgan fingerprint density at radius 1 is 0.767 bits per heavy atom. The van der Waals surface area contributed by atoms with Gasteiger partial charge in [0.15, 0.2) is 5.75 Å². The summed E-state index contributed by atoms with van der Waals surface area (Å²) in [5.74, 6) is -0.485. The van der Waals surface area contributed by atoms with Crippen LogP contribution in [0.15, 0.2) is 18.2 Å². The molecule has 1 rings (SSSR count). The second kappa shape index (κ2) is 17.4. The first-order valence-electron chi connectivity index (χ1n) is 11.3. The van der Waals surface area contributed by atoms with Gasteiger partial charge in [0.2, 0.25) is 0 Å². The number of hydrogen-bond donors (Lipinski definition) is 0. The molecule has 0 spiro atoms. The molecule has 30 heavy (non-hydrogen) atoms. The summed E-state index contributed by atoms with van der Waals surface area (Å²) in [6.45, 7) is 2.70. The average molecular weight is 459 g/mol. The molecule has 1 aromatic rings. The number of carbonyl (C=O) groups excluding carboxylic acids is 2. The topological polar surface area (TPSA) is 52.6 Å². The van der Waals surface area contributed by atoms with Crippen LogP contribution in [0.5, 0.6) is 5.75 Å². The maximum absolute atomic E-state index is 11.9. The lowest BCUT2D eigenvalue weighted by Gasteiger charge is -2.07. The monoisotopic (exact) mass is 458 g/mol. The molecule has 0 heterocycles. The SMILES string of the molecule is CCCCCCCCCCCCCOC(=O)CCCC(=O)Oc1cccc(Cl)c1Cl. The van der Waals surface area contributed by atoms with Gasteiger partial charge < -0.3 is 9.47 Å². The van der Waals surface area contributed by atoms with Crippen LogP contribution in [0.3, 0.4) is 0 Å². The van der Waals surface area contributed by atoms with Gasteiger partial charge in [-0.25, -0.2) is 0 Å². The number of rotatable bonds is 17. The lowest BCUT2D eigenvalue weighted by Crippen LogP contribution is -2.10. The van der Waals surface area contributed by atoms with Crippen LogP contribution in [0.25, 0.3) is 0 Å². The molecular formula is C24H36Cl2O4. The molecule has 0 aliphatic heterocycles. The third-order valence-electron chi connectivity index (χ3n) is 4.91. The summed E-state index contributed by atoms with van der Waals surface area (Å²) >= 11 is 11.9. The predicted octanol–water partition coefficient (Wildman–Crippen LogP) is 7.92. The number of carbonyl (C=O) groups is 2. The van der Waals surface area contributed by atoms with Crippen LogP contribution in [-0.2, 0) is 14.3 Å². The van der Waals surface area contributed by atoms with E-state index in [1.54, 1.807) is 18.2 Å². The van der Waals surface area contributed by atoms with Crippen molar-refractivity contribution in [3.63, 3.8) is 0 Å². The molecule has 0 radical (unpaired) electrons. The van der Waals surface area contributed by atoms with Crippen LogP contribution in [-0.4, -0.2) is 18.5 Å². The number of hydrogen-bond acceptors (Lipinski definition) is 4. The van der Waals surface area contributed by atoms with Gasteiger partial charge in [-0.15, -0.1) is 0 Å². The third-order valence-corrected chi connectivity index (χ3v) is 5.71. The maximum Gasteiger partial charge on any atom is 0.311 e. The fourth-order valence-corrected chi connectivity index (χ4v) is 3.47. The van der Waals surface area contributed by atoms with Crippen LogP contribution in [0, 0.1) is 0 Å². The van der Waals surface area contributed by atoms with Gasteiger partial charge in [0.25, 0.3) is 0 Å². The van der Waals surface area contributed by atoms with E-state index in [4.69, 9.17) is 32.7 Å². The van der Waals surface area contributed by atoms with Crippen molar-refractivity contribution < 1.29 is 19.1 Å². The molecule has 0 bridgehead atoms. The predicted molar refractivity (Wildman–Crippen MR) is 123 cm³/mol. The maximum atomic E-state index is 11.9. The Morgan fingerprint density at radius 2 is 1.33 bits per heavy atom. The van der Waals surface area contributed by atoms with E-state index in [-0.39, 0.29) is 29.6 Å². The zero-order chi connectivity index (χ0) is 22.0. The highest BCUT2D eigenvalue weighted by molar-refractivity contribution is 6.43. The molecule has 0 atom stereocenters. The number of ether oxygens (including phenoxy) is 2. The first-order chi connectivity index (χ1) is 14.5. The van der Waals surface area contributed by atoms with Crippen molar-refractivity contribution >= 4 is 35.1 Å². The number of benzene rings is 1. The molecule has 0 aliphatic rings. The van der Waals surface area contributed by atoms with Crippen molar-refractivity contribution in [1.82, 2.24) is 0 Å². The first-order valence-corrected chi connectivity index (χ1v) is 12.1. The highest BCUT2D eigenvalue weighted by atomic mass is 35.5. The van der Waals surface area contributed by atoms with Crippen LogP contribution in [0.4, 0.5) is 0 Å². The van der Waals surface area contributed by atoms with Crippen molar-refractivity contribution in [3.8, 4) is 5.75 Å². The van der Waals surface area contributed by atoms with Gasteiger partial charge in [0.1, 0.15) is 5.02 Å². The van der Waals surface area contributed by atoms with Gasteiger partial charge >= 0.3 is 11.9 Å². The fraction of sp³-hybridized carbons (Fsp3) is 0.667. The minimum absolute atomic E-state index is 0.121. The Bertz CT molecular complexity index is 619. The molecule has 170 valence electrons. The molecule has 0 aliphatic carbocycles. The Balaban J connectivity index is 1.95. The summed E-state index contributed by atoms with van der Waals surface area (Å²) in [7, 11) is 0. The summed E-state index contributed by atoms with van der Waals surface area (Å²) in [5.41, 5.74) is 0. The zero-order valence-electron chi connectivity index (χ0n) is 18.2. The summed E-state index contributed by atoms with van der Waals surface area (Å²) < 4.78 is 10.4. The van der Waals surface area contributed by atoms with Gasteiger partial charge in [-0.05, 0) is 25.0 Å². The number of unbranched alkanes of at least 4 members (excludes halogenated alkanes) is 10. The van der Waals surface area contributed by atoms with E-state index in [9.17, 15) is 9.59 Å². The van der Waals surface area contributed by atoms with Crippen molar-refractivity contribution in [2.75, 3.05) is 6.61 Å². The van der Waals surface area contributed by atoms with Crippen LogP contribution in [0.1, 0.15) is 96.8 Å². The first kappa shape index (κ1) is 26.8. The molecule has 6 heteroatoms. The van der Waals surface area contributed by atoms with Crippen LogP contribution in [0.2, 0.25) is 10.0 Å². The minimum atomic E-state index is -0.447. The molecule has 0 amide bonds. The molecule has 0 N–H and O–H groups in total. The molecule has 0 unspecified atom stereocenters. The summed E-state index contributed by atoms with van der Waals surface area (Å²) in [6, 6.07) is 4.85. The second-order valence-electron chi connectivity index (χ2n) is 7.64. The third kappa shape index (κ3) is 13.1. The quantitative estimate of drug-likeness (QED) is 0.135. The Hall–Kier alpha value is -1.26. The van der Waals surface area contributed by atoms with Gasteiger partial charge in [-0.3, -0.25) is 9.59 Å². The zero-order valence-corrected chi connectivity index (χ0v) is 19.7. The van der Waals surface area contributed by atoms with E-state index in [0.717, 1.165) is 12.8 Å². The van der Waals surface area contributed by atoms with Crippen molar-refractivity contribution in [2.45, 2.75) is 96.8 Å². The van der Waals surface area contributed by atoms with Gasteiger partial charge in [0.05, 0.1) is 11.6 Å². The number of esters is 2. The second-order valence-corrected chi connectivity index (χ2v) is 8.42. The standard InChI is InChI=1S/C24H36Cl2O4/c1-2-3-4-5-6-7-8-9-10-11-12-19-29-22(27)17-14-18-23(28)30-21-16-13-15-20(25)24(21)26/h13,15-16H,2-12,14,17-19H2,1H3. The Labute approximate surface area is 191 Å². The molecule has 0 fully saturated rings. The van der Waals surface area contributed by atoms with Crippen LogP contribution >= 0.6 is 23.2 Å². The summed E-state index contributed by atoms with van der Waals surface area (Å²) in [4.78, 5) is 23.6. The lowest BCUT2D eigenvalue weighted by atomic mass is 10.1. The summed E-state index contributed by atoms with van der Waals surface area (Å²) in [5, 5.41) is 0.534. The van der Waals surface area contributed by atoms with E-state index in [1.165, 1.54) is 57.8 Å². The van der Waals surface area contributed by atoms with E-state index < -0.39 is 5.97 Å². The molecular weight excluding hydrogens is 423 g/mol. The average Bonchev–Trinajstić information content (AvgIpc) is 2.72. The summed E-state index contributed by atoms with van der Waals surface area (Å²) in [6.07, 6.45) is 14.6. The molecule has 1 aromatic carbocycles. The van der Waals surface area contributed by atoms with Crippen molar-refractivity contribution in [2.24, 2.45) is 0 Å². The molecule has 0 saturated carbocycles. The molecule has 4 nitrogen and oxygen atoms in total. The van der Waals surface area contributed by atoms with Crippen LogP contribution < -0.4 is 4.74 Å². The smallest absolute Gasteiger partial charge is 0.311 e. The van der Waals surface area contributed by atoms with Crippen molar-refractivity contribution in [3.05, 3.63) is 28.2 Å². The highest BCUT2D eigenvalue weighted by Crippen LogP contribution is 2.31. The van der Waals surface area contributed by atoms with E-state index in [2.05, 4.69) is 6.92 Å². The molecule has 0 saturated heterocycles. The minimum Gasteiger partial charge on any atom is -0.466 e. The Morgan fingerprint density at radius 3 is 1.97 bits per heavy atom. The van der Waals surface area contributed by atoms with E-state index in [1.807, 2.05) is 0 Å². The van der Waals surface area contributed by atoms with E-state index >= 15 is 0 Å². The van der Waals surface area contributed by atoms with Crippen molar-refractivity contribution in [1.29, 1.82) is 0 Å². The highest BCUT2D eigenvalue weighted by Gasteiger charge is 2.12. The lowest BCUT2D eigenvalue weighted by molar-refractivity contribution is -0.144. The van der Waals surface area contributed by atoms with E-state index in [0.29, 0.717) is 18.1 Å². The van der Waals surface area contributed by atoms with Gasteiger partial charge in [-0.2, -0.15) is 0 Å². The largest absolute Gasteiger partial charge is 0.466 e. The number of halogens is 2. The van der Waals surface area contributed by atoms with Gasteiger partial charge in [0, 0.05) is 12.8 Å².